The van der Waals surface area contributed by atoms with Crippen molar-refractivity contribution in [2.75, 3.05) is 19.8 Å². The maximum absolute atomic E-state index is 12.6. The van der Waals surface area contributed by atoms with Gasteiger partial charge in [0.1, 0.15) is 22.6 Å². The normalized spacial score (nSPS) is 11.1. The molecule has 1 N–H and O–H groups in total. The molecule has 1 amide bonds. The minimum atomic E-state index is -4.42. The summed E-state index contributed by atoms with van der Waals surface area (Å²) < 4.78 is 49.6. The van der Waals surface area contributed by atoms with E-state index < -0.39 is 17.6 Å². The van der Waals surface area contributed by atoms with Crippen molar-refractivity contribution in [3.8, 4) is 11.5 Å². The molecule has 0 fully saturated rings. The summed E-state index contributed by atoms with van der Waals surface area (Å²) in [7, 11) is 0. The fraction of sp³-hybridized carbons (Fsp3) is 0.375. The number of nitrogens with one attached hydrogen (secondary N) is 1. The van der Waals surface area contributed by atoms with Gasteiger partial charge in [-0.25, -0.2) is 0 Å². The average molecular weight is 504 g/mol. The average Bonchev–Trinajstić information content (AvgIpc) is 2.76. The highest BCUT2D eigenvalue weighted by molar-refractivity contribution is 6.55. The van der Waals surface area contributed by atoms with Crippen LogP contribution in [-0.2, 0) is 12.6 Å². The lowest BCUT2D eigenvalue weighted by molar-refractivity contribution is -0.137. The van der Waals surface area contributed by atoms with Crippen molar-refractivity contribution in [3.63, 3.8) is 0 Å². The van der Waals surface area contributed by atoms with Crippen molar-refractivity contribution in [3.05, 3.63) is 69.2 Å². The van der Waals surface area contributed by atoms with Gasteiger partial charge >= 0.3 is 6.18 Å². The lowest BCUT2D eigenvalue weighted by atomic mass is 10.1. The van der Waals surface area contributed by atoms with E-state index >= 15 is 0 Å². The van der Waals surface area contributed by atoms with Crippen LogP contribution >= 0.6 is 23.2 Å². The van der Waals surface area contributed by atoms with Gasteiger partial charge in [0, 0.05) is 12.1 Å². The minimum Gasteiger partial charge on any atom is -0.493 e. The van der Waals surface area contributed by atoms with Crippen LogP contribution in [0.1, 0.15) is 46.8 Å². The Morgan fingerprint density at radius 3 is 2.39 bits per heavy atom. The number of rotatable bonds is 11. The first-order valence-corrected chi connectivity index (χ1v) is 11.2. The van der Waals surface area contributed by atoms with Crippen LogP contribution < -0.4 is 14.8 Å². The highest BCUT2D eigenvalue weighted by atomic mass is 35.5. The summed E-state index contributed by atoms with van der Waals surface area (Å²) in [6, 6.07) is 7.94. The van der Waals surface area contributed by atoms with Gasteiger partial charge in [-0.2, -0.15) is 13.2 Å². The summed E-state index contributed by atoms with van der Waals surface area (Å²) in [5, 5.41) is 2.71. The van der Waals surface area contributed by atoms with E-state index in [1.165, 1.54) is 12.1 Å². The van der Waals surface area contributed by atoms with E-state index in [1.807, 2.05) is 26.0 Å². The molecule has 0 aromatic heterocycles. The van der Waals surface area contributed by atoms with Gasteiger partial charge in [0.15, 0.2) is 0 Å². The predicted octanol–water partition coefficient (Wildman–Crippen LogP) is 6.86. The van der Waals surface area contributed by atoms with Crippen LogP contribution in [0.4, 0.5) is 13.2 Å². The second-order valence-electron chi connectivity index (χ2n) is 7.27. The zero-order valence-electron chi connectivity index (χ0n) is 18.4. The fourth-order valence-electron chi connectivity index (χ4n) is 3.08. The van der Waals surface area contributed by atoms with E-state index in [0.717, 1.165) is 35.4 Å². The summed E-state index contributed by atoms with van der Waals surface area (Å²) in [6.45, 7) is 5.10. The SMILES string of the molecule is CCc1cc(OCC=C(Cl)Cl)cc(C)c1OCCCCNC(=O)c1ccc(C(F)(F)F)cc1. The third kappa shape index (κ3) is 8.82. The molecule has 180 valence electrons. The third-order valence-corrected chi connectivity index (χ3v) is 5.08. The van der Waals surface area contributed by atoms with Crippen molar-refractivity contribution in [1.82, 2.24) is 5.32 Å². The predicted molar refractivity (Wildman–Crippen MR) is 124 cm³/mol. The summed E-state index contributed by atoms with van der Waals surface area (Å²) >= 11 is 11.2. The maximum Gasteiger partial charge on any atom is 0.416 e. The fourth-order valence-corrected chi connectivity index (χ4v) is 3.21. The molecule has 33 heavy (non-hydrogen) atoms. The van der Waals surface area contributed by atoms with E-state index in [9.17, 15) is 18.0 Å². The summed E-state index contributed by atoms with van der Waals surface area (Å²) in [5.74, 6) is 1.10. The van der Waals surface area contributed by atoms with Crippen LogP contribution in [0.2, 0.25) is 0 Å². The number of carbonyl (C=O) groups excluding carboxylic acids is 1. The molecule has 0 saturated heterocycles. The Hall–Kier alpha value is -2.38. The van der Waals surface area contributed by atoms with Gasteiger partial charge in [-0.1, -0.05) is 30.1 Å². The van der Waals surface area contributed by atoms with Gasteiger partial charge in [0.2, 0.25) is 0 Å². The number of alkyl halides is 3. The molecule has 0 radical (unpaired) electrons. The number of amides is 1. The van der Waals surface area contributed by atoms with E-state index in [-0.39, 0.29) is 16.7 Å². The van der Waals surface area contributed by atoms with E-state index in [0.29, 0.717) is 31.7 Å². The van der Waals surface area contributed by atoms with Crippen LogP contribution in [-0.4, -0.2) is 25.7 Å². The lowest BCUT2D eigenvalue weighted by Crippen LogP contribution is -2.24. The van der Waals surface area contributed by atoms with Gasteiger partial charge in [-0.15, -0.1) is 0 Å². The van der Waals surface area contributed by atoms with Gasteiger partial charge < -0.3 is 14.8 Å². The molecule has 0 atom stereocenters. The van der Waals surface area contributed by atoms with Crippen molar-refractivity contribution in [1.29, 1.82) is 0 Å². The zero-order valence-corrected chi connectivity index (χ0v) is 19.9. The second-order valence-corrected chi connectivity index (χ2v) is 8.28. The van der Waals surface area contributed by atoms with Crippen molar-refractivity contribution < 1.29 is 27.4 Å². The van der Waals surface area contributed by atoms with Crippen LogP contribution in [0.15, 0.2) is 47.0 Å². The number of aryl methyl sites for hydroxylation is 2. The molecule has 0 heterocycles. The Labute approximate surface area is 201 Å². The number of halogens is 5. The van der Waals surface area contributed by atoms with Crippen LogP contribution in [0.3, 0.4) is 0 Å². The Balaban J connectivity index is 1.78. The molecule has 2 aromatic carbocycles. The first kappa shape index (κ1) is 26.9. The molecule has 4 nitrogen and oxygen atoms in total. The van der Waals surface area contributed by atoms with Crippen molar-refractivity contribution >= 4 is 29.1 Å². The molecule has 9 heteroatoms. The molecular formula is C24H26Cl2F3NO3. The van der Waals surface area contributed by atoms with E-state index in [4.69, 9.17) is 32.7 Å². The molecule has 0 saturated carbocycles. The number of hydrogen-bond acceptors (Lipinski definition) is 3. The van der Waals surface area contributed by atoms with E-state index in [1.54, 1.807) is 6.08 Å². The first-order valence-electron chi connectivity index (χ1n) is 10.5. The molecular weight excluding hydrogens is 478 g/mol. The second kappa shape index (κ2) is 12.8. The third-order valence-electron chi connectivity index (χ3n) is 4.77. The van der Waals surface area contributed by atoms with Crippen molar-refractivity contribution in [2.45, 2.75) is 39.3 Å². The van der Waals surface area contributed by atoms with Crippen molar-refractivity contribution in [2.24, 2.45) is 0 Å². The zero-order chi connectivity index (χ0) is 24.4. The number of benzene rings is 2. The van der Waals surface area contributed by atoms with Gasteiger partial charge in [0.05, 0.1) is 12.2 Å². The Kier molecular flexibility index (Phi) is 10.4. The molecule has 0 unspecified atom stereocenters. The molecule has 0 aliphatic heterocycles. The molecule has 0 bridgehead atoms. The highest BCUT2D eigenvalue weighted by Gasteiger charge is 2.30. The van der Waals surface area contributed by atoms with Crippen LogP contribution in [0.5, 0.6) is 11.5 Å². The smallest absolute Gasteiger partial charge is 0.416 e. The largest absolute Gasteiger partial charge is 0.493 e. The molecule has 2 aromatic rings. The Morgan fingerprint density at radius 1 is 1.09 bits per heavy atom. The highest BCUT2D eigenvalue weighted by Crippen LogP contribution is 2.30. The standard InChI is InChI=1S/C24H26Cl2F3NO3/c1-3-17-15-20(32-13-10-21(25)26)14-16(2)22(17)33-12-5-4-11-30-23(31)18-6-8-19(9-7-18)24(27,28)29/h6-10,14-15H,3-5,11-13H2,1-2H3,(H,30,31). The number of hydrogen-bond donors (Lipinski definition) is 1. The van der Waals surface area contributed by atoms with Crippen LogP contribution in [0.25, 0.3) is 0 Å². The number of ether oxygens (including phenoxy) is 2. The van der Waals surface area contributed by atoms with Gasteiger partial charge in [0.25, 0.3) is 5.91 Å². The Bertz CT molecular complexity index is 957. The Morgan fingerprint density at radius 2 is 1.79 bits per heavy atom. The number of unbranched alkanes of at least 4 members (excludes halogenated alkanes) is 1. The van der Waals surface area contributed by atoms with Crippen LogP contribution in [0, 0.1) is 6.92 Å². The molecule has 0 aliphatic carbocycles. The molecule has 0 spiro atoms. The molecule has 0 aliphatic rings. The quantitative estimate of drug-likeness (QED) is 0.340. The minimum absolute atomic E-state index is 0.151. The summed E-state index contributed by atoms with van der Waals surface area (Å²) in [5.41, 5.74) is 1.37. The van der Waals surface area contributed by atoms with E-state index in [2.05, 4.69) is 5.32 Å². The lowest BCUT2D eigenvalue weighted by Gasteiger charge is -2.16. The van der Waals surface area contributed by atoms with Gasteiger partial charge in [-0.05, 0) is 79.8 Å². The summed E-state index contributed by atoms with van der Waals surface area (Å²) in [6.07, 6.45) is -0.728. The monoisotopic (exact) mass is 503 g/mol. The summed E-state index contributed by atoms with van der Waals surface area (Å²) in [4.78, 5) is 12.1. The first-order chi connectivity index (χ1) is 15.6. The topological polar surface area (TPSA) is 47.6 Å². The molecule has 2 rings (SSSR count). The van der Waals surface area contributed by atoms with Gasteiger partial charge in [-0.3, -0.25) is 4.79 Å². The maximum atomic E-state index is 12.6. The number of carbonyl (C=O) groups is 1.